The lowest BCUT2D eigenvalue weighted by molar-refractivity contribution is 1.47. The molecule has 3 heteroatoms. The fourth-order valence-corrected chi connectivity index (χ4v) is 1.17. The monoisotopic (exact) mass is 147 g/mol. The van der Waals surface area contributed by atoms with Crippen molar-refractivity contribution in [2.75, 3.05) is 11.5 Å². The SMILES string of the molecule is Nc1ccc2[nH]c(N)cc2c1. The molecule has 5 N–H and O–H groups in total. The molecule has 1 aromatic carbocycles. The number of nitrogens with two attached hydrogens (primary N) is 2. The van der Waals surface area contributed by atoms with Gasteiger partial charge < -0.3 is 16.5 Å². The van der Waals surface area contributed by atoms with E-state index >= 15 is 0 Å². The zero-order chi connectivity index (χ0) is 7.84. The van der Waals surface area contributed by atoms with E-state index in [2.05, 4.69) is 4.98 Å². The predicted octanol–water partition coefficient (Wildman–Crippen LogP) is 1.33. The molecule has 1 heterocycles. The molecule has 0 fully saturated rings. The van der Waals surface area contributed by atoms with Gasteiger partial charge in [0.05, 0.1) is 0 Å². The summed E-state index contributed by atoms with van der Waals surface area (Å²) in [6.45, 7) is 0. The smallest absolute Gasteiger partial charge is 0.101 e. The molecule has 0 aliphatic rings. The Balaban J connectivity index is 2.82. The van der Waals surface area contributed by atoms with Gasteiger partial charge in [-0.2, -0.15) is 0 Å². The molecule has 3 nitrogen and oxygen atoms in total. The average Bonchev–Trinajstić information content (AvgIpc) is 2.27. The van der Waals surface area contributed by atoms with Gasteiger partial charge in [-0.1, -0.05) is 0 Å². The highest BCUT2D eigenvalue weighted by Crippen LogP contribution is 2.18. The number of hydrogen-bond acceptors (Lipinski definition) is 2. The highest BCUT2D eigenvalue weighted by atomic mass is 14.8. The van der Waals surface area contributed by atoms with E-state index < -0.39 is 0 Å². The number of anilines is 2. The van der Waals surface area contributed by atoms with Crippen LogP contribution in [0.1, 0.15) is 0 Å². The molecule has 0 radical (unpaired) electrons. The second-order valence-electron chi connectivity index (χ2n) is 2.57. The zero-order valence-corrected chi connectivity index (χ0v) is 5.96. The number of aromatic amines is 1. The minimum atomic E-state index is 0.672. The molecule has 0 unspecified atom stereocenters. The predicted molar refractivity (Wildman–Crippen MR) is 47.1 cm³/mol. The Hall–Kier alpha value is -1.64. The third-order valence-electron chi connectivity index (χ3n) is 1.67. The number of fused-ring (bicyclic) bond motifs is 1. The second kappa shape index (κ2) is 1.92. The summed E-state index contributed by atoms with van der Waals surface area (Å²) in [4.78, 5) is 3.01. The summed E-state index contributed by atoms with van der Waals surface area (Å²) in [6.07, 6.45) is 0. The van der Waals surface area contributed by atoms with Crippen LogP contribution in [0.2, 0.25) is 0 Å². The Kier molecular flexibility index (Phi) is 1.06. The minimum Gasteiger partial charge on any atom is -0.399 e. The van der Waals surface area contributed by atoms with E-state index in [4.69, 9.17) is 11.5 Å². The van der Waals surface area contributed by atoms with Gasteiger partial charge >= 0.3 is 0 Å². The van der Waals surface area contributed by atoms with Gasteiger partial charge in [0.25, 0.3) is 0 Å². The first kappa shape index (κ1) is 6.09. The van der Waals surface area contributed by atoms with E-state index in [0.29, 0.717) is 5.82 Å². The summed E-state index contributed by atoms with van der Waals surface area (Å²) < 4.78 is 0. The molecule has 0 spiro atoms. The number of H-pyrrole nitrogens is 1. The standard InChI is InChI=1S/C8H9N3/c9-6-1-2-7-5(3-6)4-8(10)11-7/h1-4,11H,9-10H2. The van der Waals surface area contributed by atoms with Crippen molar-refractivity contribution >= 4 is 22.4 Å². The molecule has 0 aliphatic carbocycles. The first-order chi connectivity index (χ1) is 5.25. The van der Waals surface area contributed by atoms with Gasteiger partial charge in [-0.05, 0) is 24.3 Å². The summed E-state index contributed by atoms with van der Waals surface area (Å²) in [5, 5.41) is 1.06. The molecule has 56 valence electrons. The minimum absolute atomic E-state index is 0.672. The Morgan fingerprint density at radius 3 is 2.73 bits per heavy atom. The maximum absolute atomic E-state index is 5.58. The topological polar surface area (TPSA) is 67.8 Å². The lowest BCUT2D eigenvalue weighted by Crippen LogP contribution is -1.81. The first-order valence-corrected chi connectivity index (χ1v) is 3.39. The van der Waals surface area contributed by atoms with Gasteiger partial charge in [-0.25, -0.2) is 0 Å². The average molecular weight is 147 g/mol. The quantitative estimate of drug-likeness (QED) is 0.492. The molecule has 0 saturated heterocycles. The lowest BCUT2D eigenvalue weighted by atomic mass is 10.2. The van der Waals surface area contributed by atoms with E-state index in [9.17, 15) is 0 Å². The van der Waals surface area contributed by atoms with Crippen LogP contribution in [0.25, 0.3) is 10.9 Å². The van der Waals surface area contributed by atoms with Crippen molar-refractivity contribution < 1.29 is 0 Å². The number of hydrogen-bond donors (Lipinski definition) is 3. The van der Waals surface area contributed by atoms with Crippen molar-refractivity contribution in [3.05, 3.63) is 24.3 Å². The van der Waals surface area contributed by atoms with Crippen molar-refractivity contribution in [3.8, 4) is 0 Å². The fourth-order valence-electron chi connectivity index (χ4n) is 1.17. The molecule has 0 saturated carbocycles. The second-order valence-corrected chi connectivity index (χ2v) is 2.57. The van der Waals surface area contributed by atoms with Crippen LogP contribution in [0, 0.1) is 0 Å². The summed E-state index contributed by atoms with van der Waals surface area (Å²) in [6, 6.07) is 7.52. The van der Waals surface area contributed by atoms with E-state index in [1.165, 1.54) is 0 Å². The number of benzene rings is 1. The normalized spacial score (nSPS) is 10.5. The van der Waals surface area contributed by atoms with Crippen LogP contribution >= 0.6 is 0 Å². The van der Waals surface area contributed by atoms with Gasteiger partial charge in [0, 0.05) is 16.6 Å². The van der Waals surface area contributed by atoms with Gasteiger partial charge in [0.2, 0.25) is 0 Å². The van der Waals surface area contributed by atoms with Crippen molar-refractivity contribution in [1.82, 2.24) is 4.98 Å². The molecular weight excluding hydrogens is 138 g/mol. The third kappa shape index (κ3) is 0.902. The number of rotatable bonds is 0. The Morgan fingerprint density at radius 1 is 1.09 bits per heavy atom. The molecule has 0 amide bonds. The molecule has 0 aliphatic heterocycles. The molecule has 2 rings (SSSR count). The van der Waals surface area contributed by atoms with Crippen LogP contribution in [-0.2, 0) is 0 Å². The van der Waals surface area contributed by atoms with E-state index in [0.717, 1.165) is 16.6 Å². The van der Waals surface area contributed by atoms with Gasteiger partial charge in [0.15, 0.2) is 0 Å². The Labute approximate surface area is 64.0 Å². The largest absolute Gasteiger partial charge is 0.399 e. The first-order valence-electron chi connectivity index (χ1n) is 3.39. The summed E-state index contributed by atoms with van der Waals surface area (Å²) >= 11 is 0. The van der Waals surface area contributed by atoms with E-state index in [-0.39, 0.29) is 0 Å². The molecule has 1 aromatic heterocycles. The molecule has 11 heavy (non-hydrogen) atoms. The molecule has 2 aromatic rings. The van der Waals surface area contributed by atoms with Gasteiger partial charge in [-0.3, -0.25) is 0 Å². The highest BCUT2D eigenvalue weighted by Gasteiger charge is 1.96. The summed E-state index contributed by atoms with van der Waals surface area (Å²) in [5.41, 5.74) is 12.9. The van der Waals surface area contributed by atoms with Crippen LogP contribution in [0.5, 0.6) is 0 Å². The van der Waals surface area contributed by atoms with Crippen molar-refractivity contribution in [3.63, 3.8) is 0 Å². The van der Waals surface area contributed by atoms with E-state index in [1.807, 2.05) is 24.3 Å². The van der Waals surface area contributed by atoms with Crippen molar-refractivity contribution in [1.29, 1.82) is 0 Å². The van der Waals surface area contributed by atoms with Crippen LogP contribution in [0.4, 0.5) is 11.5 Å². The number of nitrogen functional groups attached to an aromatic ring is 2. The van der Waals surface area contributed by atoms with Crippen LogP contribution in [-0.4, -0.2) is 4.98 Å². The van der Waals surface area contributed by atoms with E-state index in [1.54, 1.807) is 0 Å². The van der Waals surface area contributed by atoms with Gasteiger partial charge in [0.1, 0.15) is 5.82 Å². The van der Waals surface area contributed by atoms with Crippen molar-refractivity contribution in [2.45, 2.75) is 0 Å². The fraction of sp³-hybridized carbons (Fsp3) is 0. The van der Waals surface area contributed by atoms with Crippen molar-refractivity contribution in [2.24, 2.45) is 0 Å². The third-order valence-corrected chi connectivity index (χ3v) is 1.67. The maximum Gasteiger partial charge on any atom is 0.101 e. The lowest BCUT2D eigenvalue weighted by Gasteiger charge is -1.90. The summed E-state index contributed by atoms with van der Waals surface area (Å²) in [5.74, 6) is 0.672. The van der Waals surface area contributed by atoms with Crippen LogP contribution in [0.3, 0.4) is 0 Å². The zero-order valence-electron chi connectivity index (χ0n) is 5.96. The molecule has 0 atom stereocenters. The maximum atomic E-state index is 5.58. The highest BCUT2D eigenvalue weighted by molar-refractivity contribution is 5.85. The number of aromatic nitrogens is 1. The molecular formula is C8H9N3. The number of nitrogens with one attached hydrogen (secondary N) is 1. The Morgan fingerprint density at radius 2 is 1.91 bits per heavy atom. The van der Waals surface area contributed by atoms with Crippen LogP contribution < -0.4 is 11.5 Å². The van der Waals surface area contributed by atoms with Gasteiger partial charge in [-0.15, -0.1) is 0 Å². The van der Waals surface area contributed by atoms with Crippen LogP contribution in [0.15, 0.2) is 24.3 Å². The molecule has 0 bridgehead atoms. The summed E-state index contributed by atoms with van der Waals surface area (Å²) in [7, 11) is 0. The Bertz CT molecular complexity index is 389.